The number of ether oxygens (including phenoxy) is 1. The highest BCUT2D eigenvalue weighted by molar-refractivity contribution is 7.92. The fourth-order valence-corrected chi connectivity index (χ4v) is 5.77. The van der Waals surface area contributed by atoms with Gasteiger partial charge in [0.15, 0.2) is 6.10 Å². The standard InChI is InChI=1S/C23H28N2O4S/c26-23(24-19-12-6-1-2-7-13-19)22-16-25(20-14-8-9-15-21(20)29-22)30(27,28)17-18-10-4-3-5-11-18/h3-5,8-11,14-15,19,22H,1-2,6-7,12-13,16-17H2,(H,24,26). The fraction of sp³-hybridized carbons (Fsp3) is 0.435. The fourth-order valence-electron chi connectivity index (χ4n) is 4.18. The number of fused-ring (bicyclic) bond motifs is 1. The first-order chi connectivity index (χ1) is 14.5. The third-order valence-electron chi connectivity index (χ3n) is 5.76. The largest absolute Gasteiger partial charge is 0.476 e. The zero-order valence-corrected chi connectivity index (χ0v) is 17.8. The Hall–Kier alpha value is -2.54. The number of sulfonamides is 1. The monoisotopic (exact) mass is 428 g/mol. The van der Waals surface area contributed by atoms with Gasteiger partial charge in [-0.3, -0.25) is 9.10 Å². The van der Waals surface area contributed by atoms with E-state index < -0.39 is 16.1 Å². The van der Waals surface area contributed by atoms with Gasteiger partial charge in [0.2, 0.25) is 10.0 Å². The van der Waals surface area contributed by atoms with Gasteiger partial charge in [-0.2, -0.15) is 0 Å². The van der Waals surface area contributed by atoms with Crippen molar-refractivity contribution in [3.8, 4) is 5.75 Å². The van der Waals surface area contributed by atoms with Crippen molar-refractivity contribution in [1.82, 2.24) is 5.32 Å². The highest BCUT2D eigenvalue weighted by atomic mass is 32.2. The Balaban J connectivity index is 1.55. The molecule has 6 nitrogen and oxygen atoms in total. The van der Waals surface area contributed by atoms with E-state index in [9.17, 15) is 13.2 Å². The van der Waals surface area contributed by atoms with Crippen LogP contribution in [0.2, 0.25) is 0 Å². The number of para-hydroxylation sites is 2. The second-order valence-corrected chi connectivity index (χ2v) is 9.94. The molecule has 1 N–H and O–H groups in total. The molecule has 4 rings (SSSR count). The molecular formula is C23H28N2O4S. The average molecular weight is 429 g/mol. The highest BCUT2D eigenvalue weighted by Crippen LogP contribution is 2.36. The van der Waals surface area contributed by atoms with E-state index in [1.54, 1.807) is 36.4 Å². The number of carbonyl (C=O) groups is 1. The Morgan fingerprint density at radius 1 is 0.967 bits per heavy atom. The first-order valence-corrected chi connectivity index (χ1v) is 12.2. The lowest BCUT2D eigenvalue weighted by molar-refractivity contribution is -0.128. The summed E-state index contributed by atoms with van der Waals surface area (Å²) in [6.45, 7) is -0.0231. The topological polar surface area (TPSA) is 75.7 Å². The van der Waals surface area contributed by atoms with Crippen molar-refractivity contribution >= 4 is 21.6 Å². The number of nitrogens with zero attached hydrogens (tertiary/aromatic N) is 1. The van der Waals surface area contributed by atoms with Crippen molar-refractivity contribution in [2.45, 2.75) is 56.4 Å². The number of anilines is 1. The lowest BCUT2D eigenvalue weighted by Crippen LogP contribution is -2.52. The van der Waals surface area contributed by atoms with Crippen LogP contribution in [-0.2, 0) is 20.6 Å². The molecule has 1 fully saturated rings. The van der Waals surface area contributed by atoms with Crippen LogP contribution in [0.5, 0.6) is 5.75 Å². The minimum Gasteiger partial charge on any atom is -0.476 e. The molecule has 1 atom stereocenters. The van der Waals surface area contributed by atoms with Gasteiger partial charge in [0.05, 0.1) is 18.0 Å². The molecular weight excluding hydrogens is 400 g/mol. The van der Waals surface area contributed by atoms with Gasteiger partial charge in [-0.15, -0.1) is 0 Å². The van der Waals surface area contributed by atoms with E-state index in [1.165, 1.54) is 17.1 Å². The molecule has 160 valence electrons. The molecule has 1 heterocycles. The van der Waals surface area contributed by atoms with Crippen molar-refractivity contribution in [2.24, 2.45) is 0 Å². The van der Waals surface area contributed by atoms with Crippen LogP contribution in [0.1, 0.15) is 44.1 Å². The summed E-state index contributed by atoms with van der Waals surface area (Å²) in [5.41, 5.74) is 1.19. The van der Waals surface area contributed by atoms with Crippen molar-refractivity contribution in [2.75, 3.05) is 10.8 Å². The molecule has 2 aliphatic rings. The van der Waals surface area contributed by atoms with Gasteiger partial charge in [0.1, 0.15) is 5.75 Å². The van der Waals surface area contributed by atoms with E-state index in [0.717, 1.165) is 25.7 Å². The molecule has 1 unspecified atom stereocenters. The second kappa shape index (κ2) is 9.08. The van der Waals surface area contributed by atoms with Gasteiger partial charge < -0.3 is 10.1 Å². The molecule has 2 aromatic rings. The van der Waals surface area contributed by atoms with E-state index in [0.29, 0.717) is 17.0 Å². The van der Waals surface area contributed by atoms with Crippen LogP contribution in [-0.4, -0.2) is 33.0 Å². The van der Waals surface area contributed by atoms with Gasteiger partial charge >= 0.3 is 0 Å². The third kappa shape index (κ3) is 4.78. The normalized spacial score (nSPS) is 20.0. The van der Waals surface area contributed by atoms with Crippen molar-refractivity contribution in [3.63, 3.8) is 0 Å². The molecule has 1 amide bonds. The number of carbonyl (C=O) groups excluding carboxylic acids is 1. The molecule has 0 bridgehead atoms. The first-order valence-electron chi connectivity index (χ1n) is 10.6. The number of benzene rings is 2. The maximum atomic E-state index is 13.3. The smallest absolute Gasteiger partial charge is 0.263 e. The zero-order valence-electron chi connectivity index (χ0n) is 17.0. The summed E-state index contributed by atoms with van der Waals surface area (Å²) in [4.78, 5) is 13.0. The minimum absolute atomic E-state index is 0.0231. The molecule has 0 aromatic heterocycles. The first kappa shape index (κ1) is 20.7. The number of hydrogen-bond donors (Lipinski definition) is 1. The van der Waals surface area contributed by atoms with Gasteiger partial charge in [-0.25, -0.2) is 8.42 Å². The van der Waals surface area contributed by atoms with Crippen LogP contribution in [0.4, 0.5) is 5.69 Å². The molecule has 0 radical (unpaired) electrons. The lowest BCUT2D eigenvalue weighted by Gasteiger charge is -2.35. The quantitative estimate of drug-likeness (QED) is 0.738. The predicted octanol–water partition coefficient (Wildman–Crippen LogP) is 3.62. The number of amides is 1. The van der Waals surface area contributed by atoms with Crippen LogP contribution >= 0.6 is 0 Å². The summed E-state index contributed by atoms with van der Waals surface area (Å²) in [5.74, 6) is 0.0526. The van der Waals surface area contributed by atoms with Crippen molar-refractivity contribution in [1.29, 1.82) is 0 Å². The van der Waals surface area contributed by atoms with Gasteiger partial charge in [0.25, 0.3) is 5.91 Å². The van der Waals surface area contributed by atoms with Crippen LogP contribution < -0.4 is 14.4 Å². The van der Waals surface area contributed by atoms with Crippen LogP contribution in [0.15, 0.2) is 54.6 Å². The molecule has 0 saturated heterocycles. The SMILES string of the molecule is O=C(NC1CCCCCC1)C1CN(S(=O)(=O)Cc2ccccc2)c2ccccc2O1. The zero-order chi connectivity index (χ0) is 21.0. The van der Waals surface area contributed by atoms with Gasteiger partial charge in [-0.1, -0.05) is 68.1 Å². The summed E-state index contributed by atoms with van der Waals surface area (Å²) >= 11 is 0. The Labute approximate surface area is 178 Å². The maximum Gasteiger partial charge on any atom is 0.263 e. The van der Waals surface area contributed by atoms with E-state index >= 15 is 0 Å². The van der Waals surface area contributed by atoms with E-state index in [-0.39, 0.29) is 24.2 Å². The average Bonchev–Trinajstić information content (AvgIpc) is 3.02. The van der Waals surface area contributed by atoms with Gasteiger partial charge in [0, 0.05) is 6.04 Å². The van der Waals surface area contributed by atoms with Gasteiger partial charge in [-0.05, 0) is 30.5 Å². The summed E-state index contributed by atoms with van der Waals surface area (Å²) < 4.78 is 33.8. The highest BCUT2D eigenvalue weighted by Gasteiger charge is 2.37. The Morgan fingerprint density at radius 2 is 1.63 bits per heavy atom. The summed E-state index contributed by atoms with van der Waals surface area (Å²) in [5, 5.41) is 3.10. The predicted molar refractivity (Wildman–Crippen MR) is 117 cm³/mol. The molecule has 7 heteroatoms. The van der Waals surface area contributed by atoms with E-state index in [2.05, 4.69) is 5.32 Å². The Kier molecular flexibility index (Phi) is 6.27. The van der Waals surface area contributed by atoms with Crippen LogP contribution in [0, 0.1) is 0 Å². The van der Waals surface area contributed by atoms with Crippen molar-refractivity contribution < 1.29 is 17.9 Å². The summed E-state index contributed by atoms with van der Waals surface area (Å²) in [7, 11) is -3.68. The van der Waals surface area contributed by atoms with Crippen LogP contribution in [0.3, 0.4) is 0 Å². The van der Waals surface area contributed by atoms with E-state index in [1.807, 2.05) is 18.2 Å². The summed E-state index contributed by atoms with van der Waals surface area (Å²) in [6, 6.07) is 16.2. The number of hydrogen-bond acceptors (Lipinski definition) is 4. The number of nitrogens with one attached hydrogen (secondary N) is 1. The molecule has 1 saturated carbocycles. The number of rotatable bonds is 5. The van der Waals surface area contributed by atoms with Crippen LogP contribution in [0.25, 0.3) is 0 Å². The van der Waals surface area contributed by atoms with Crippen molar-refractivity contribution in [3.05, 3.63) is 60.2 Å². The second-order valence-electron chi connectivity index (χ2n) is 8.04. The molecule has 0 spiro atoms. The maximum absolute atomic E-state index is 13.3. The third-order valence-corrected chi connectivity index (χ3v) is 7.47. The molecule has 30 heavy (non-hydrogen) atoms. The lowest BCUT2D eigenvalue weighted by atomic mass is 10.1. The summed E-state index contributed by atoms with van der Waals surface area (Å²) in [6.07, 6.45) is 5.67. The Bertz CT molecular complexity index is 970. The van der Waals surface area contributed by atoms with E-state index in [4.69, 9.17) is 4.74 Å². The molecule has 1 aliphatic carbocycles. The molecule has 2 aromatic carbocycles. The Morgan fingerprint density at radius 3 is 2.37 bits per heavy atom. The molecule has 1 aliphatic heterocycles. The minimum atomic E-state index is -3.68.